The van der Waals surface area contributed by atoms with Crippen molar-refractivity contribution in [2.24, 2.45) is 0 Å². The van der Waals surface area contributed by atoms with Crippen molar-refractivity contribution in [2.45, 2.75) is 13.3 Å². The Balaban J connectivity index is 2.97. The first kappa shape index (κ1) is 6.23. The molecule has 0 aromatic carbocycles. The van der Waals surface area contributed by atoms with Crippen LogP contribution in [0, 0.1) is 6.57 Å². The fraction of sp³-hybridized carbons (Fsp3) is 0.500. The van der Waals surface area contributed by atoms with Crippen molar-refractivity contribution >= 4 is 0 Å². The van der Waals surface area contributed by atoms with E-state index in [9.17, 15) is 0 Å². The molecular formula is C6H9N. The van der Waals surface area contributed by atoms with Gasteiger partial charge in [-0.05, 0) is 12.5 Å². The Labute approximate surface area is 44.5 Å². The summed E-state index contributed by atoms with van der Waals surface area (Å²) in [5.41, 5.74) is 0. The van der Waals surface area contributed by atoms with Gasteiger partial charge in [0.05, 0.1) is 0 Å². The normalized spacial score (nSPS) is 9.14. The summed E-state index contributed by atoms with van der Waals surface area (Å²) in [7, 11) is 0. The molecule has 0 aliphatic carbocycles. The molecule has 0 aliphatic heterocycles. The maximum atomic E-state index is 6.35. The number of nitrogens with zero attached hydrogens (tertiary/aromatic N) is 1. The summed E-state index contributed by atoms with van der Waals surface area (Å²) >= 11 is 0. The molecule has 38 valence electrons. The van der Waals surface area contributed by atoms with E-state index in [-0.39, 0.29) is 0 Å². The van der Waals surface area contributed by atoms with Crippen molar-refractivity contribution in [3.63, 3.8) is 0 Å². The summed E-state index contributed by atoms with van der Waals surface area (Å²) in [4.78, 5) is 3.14. The molecule has 0 aromatic rings. The topological polar surface area (TPSA) is 4.36 Å². The highest BCUT2D eigenvalue weighted by Crippen LogP contribution is 1.78. The van der Waals surface area contributed by atoms with Crippen LogP contribution in [0.5, 0.6) is 0 Å². The highest BCUT2D eigenvalue weighted by Gasteiger charge is 1.68. The molecule has 0 aromatic heterocycles. The van der Waals surface area contributed by atoms with Gasteiger partial charge in [0.15, 0.2) is 0 Å². The second-order valence-electron chi connectivity index (χ2n) is 1.22. The first-order valence-corrected chi connectivity index (χ1v) is 2.40. The Bertz CT molecular complexity index is 86.8. The predicted molar refractivity (Wildman–Crippen MR) is 30.9 cm³/mol. The summed E-state index contributed by atoms with van der Waals surface area (Å²) in [5, 5.41) is 0. The van der Waals surface area contributed by atoms with Crippen LogP contribution in [0.15, 0.2) is 12.2 Å². The highest BCUT2D eigenvalue weighted by atomic mass is 14.6. The van der Waals surface area contributed by atoms with E-state index in [0.29, 0.717) is 6.54 Å². The van der Waals surface area contributed by atoms with Crippen LogP contribution in [0.4, 0.5) is 0 Å². The molecule has 7 heavy (non-hydrogen) atoms. The van der Waals surface area contributed by atoms with Crippen LogP contribution in [0.25, 0.3) is 4.85 Å². The molecule has 0 amide bonds. The van der Waals surface area contributed by atoms with Crippen molar-refractivity contribution in [1.82, 2.24) is 0 Å². The molecule has 0 aliphatic rings. The average Bonchev–Trinajstić information content (AvgIpc) is 1.69. The molecule has 0 fully saturated rings. The third-order valence-electron chi connectivity index (χ3n) is 0.599. The van der Waals surface area contributed by atoms with Crippen LogP contribution < -0.4 is 0 Å². The van der Waals surface area contributed by atoms with E-state index < -0.39 is 0 Å². The minimum Gasteiger partial charge on any atom is -0.312 e. The van der Waals surface area contributed by atoms with Gasteiger partial charge in [-0.25, -0.2) is 6.57 Å². The molecule has 0 atom stereocenters. The molecule has 0 bridgehead atoms. The SMILES string of the molecule is [C-]#[N+]C/C=C/CC. The molecule has 0 heterocycles. The minimum atomic E-state index is 0.536. The molecule has 1 nitrogen and oxygen atoms in total. The standard InChI is InChI=1S/C6H9N/c1-3-4-5-6-7-2/h4-5H,3,6H2,1H3/b5-4+. The maximum Gasteiger partial charge on any atom is 0.232 e. The number of allylic oxidation sites excluding steroid dienone is 1. The van der Waals surface area contributed by atoms with Crippen LogP contribution >= 0.6 is 0 Å². The Kier molecular flexibility index (Phi) is 4.65. The van der Waals surface area contributed by atoms with Gasteiger partial charge < -0.3 is 4.85 Å². The second-order valence-corrected chi connectivity index (χ2v) is 1.22. The summed E-state index contributed by atoms with van der Waals surface area (Å²) in [6.07, 6.45) is 4.92. The lowest BCUT2D eigenvalue weighted by molar-refractivity contribution is 1.21. The third-order valence-corrected chi connectivity index (χ3v) is 0.599. The summed E-state index contributed by atoms with van der Waals surface area (Å²) < 4.78 is 0. The van der Waals surface area contributed by atoms with Crippen LogP contribution in [-0.2, 0) is 0 Å². The minimum absolute atomic E-state index is 0.536. The van der Waals surface area contributed by atoms with Gasteiger partial charge in [-0.15, -0.1) is 0 Å². The Morgan fingerprint density at radius 2 is 2.29 bits per heavy atom. The Morgan fingerprint density at radius 3 is 2.71 bits per heavy atom. The van der Waals surface area contributed by atoms with Crippen molar-refractivity contribution in [1.29, 1.82) is 0 Å². The molecule has 0 saturated heterocycles. The Hall–Kier alpha value is -0.770. The average molecular weight is 95.1 g/mol. The molecule has 0 rings (SSSR count). The lowest BCUT2D eigenvalue weighted by atomic mass is 10.4. The first-order chi connectivity index (χ1) is 3.41. The van der Waals surface area contributed by atoms with E-state index in [4.69, 9.17) is 6.57 Å². The Morgan fingerprint density at radius 1 is 1.57 bits per heavy atom. The second kappa shape index (κ2) is 5.23. The predicted octanol–water partition coefficient (Wildman–Crippen LogP) is 1.87. The van der Waals surface area contributed by atoms with Crippen LogP contribution in [0.2, 0.25) is 0 Å². The fourth-order valence-corrected chi connectivity index (χ4v) is 0.294. The summed E-state index contributed by atoms with van der Waals surface area (Å²) in [5.74, 6) is 0. The molecule has 0 unspecified atom stereocenters. The van der Waals surface area contributed by atoms with Crippen molar-refractivity contribution in [2.75, 3.05) is 6.54 Å². The number of hydrogen-bond acceptors (Lipinski definition) is 0. The lowest BCUT2D eigenvalue weighted by Gasteiger charge is -1.70. The van der Waals surface area contributed by atoms with Crippen LogP contribution in [0.1, 0.15) is 13.3 Å². The molecule has 0 radical (unpaired) electrons. The monoisotopic (exact) mass is 95.1 g/mol. The highest BCUT2D eigenvalue weighted by molar-refractivity contribution is 4.86. The zero-order chi connectivity index (χ0) is 5.54. The van der Waals surface area contributed by atoms with Crippen molar-refractivity contribution in [3.05, 3.63) is 23.6 Å². The molecule has 0 N–H and O–H groups in total. The van der Waals surface area contributed by atoms with Gasteiger partial charge in [0.25, 0.3) is 0 Å². The summed E-state index contributed by atoms with van der Waals surface area (Å²) in [6, 6.07) is 0. The van der Waals surface area contributed by atoms with Crippen molar-refractivity contribution < 1.29 is 0 Å². The van der Waals surface area contributed by atoms with Gasteiger partial charge in [0, 0.05) is 0 Å². The van der Waals surface area contributed by atoms with Gasteiger partial charge in [-0.1, -0.05) is 13.0 Å². The maximum absolute atomic E-state index is 6.35. The van der Waals surface area contributed by atoms with E-state index >= 15 is 0 Å². The van der Waals surface area contributed by atoms with E-state index in [2.05, 4.69) is 11.8 Å². The quantitative estimate of drug-likeness (QED) is 0.364. The zero-order valence-electron chi connectivity index (χ0n) is 4.52. The molecule has 0 spiro atoms. The van der Waals surface area contributed by atoms with E-state index in [0.717, 1.165) is 6.42 Å². The number of hydrogen-bond donors (Lipinski definition) is 0. The third kappa shape index (κ3) is 5.23. The van der Waals surface area contributed by atoms with E-state index in [1.165, 1.54) is 0 Å². The van der Waals surface area contributed by atoms with Crippen LogP contribution in [0.3, 0.4) is 0 Å². The zero-order valence-corrected chi connectivity index (χ0v) is 4.52. The van der Waals surface area contributed by atoms with Crippen molar-refractivity contribution in [3.8, 4) is 0 Å². The van der Waals surface area contributed by atoms with Gasteiger partial charge >= 0.3 is 0 Å². The lowest BCUT2D eigenvalue weighted by Crippen LogP contribution is -1.61. The van der Waals surface area contributed by atoms with Gasteiger partial charge in [0.1, 0.15) is 0 Å². The largest absolute Gasteiger partial charge is 0.312 e. The smallest absolute Gasteiger partial charge is 0.232 e. The number of rotatable bonds is 2. The van der Waals surface area contributed by atoms with E-state index in [1.54, 1.807) is 0 Å². The van der Waals surface area contributed by atoms with Gasteiger partial charge in [-0.2, -0.15) is 0 Å². The molecule has 0 saturated carbocycles. The molecule has 1 heteroatoms. The van der Waals surface area contributed by atoms with Crippen LogP contribution in [-0.4, -0.2) is 6.54 Å². The molecular weight excluding hydrogens is 86.1 g/mol. The van der Waals surface area contributed by atoms with Gasteiger partial charge in [-0.3, -0.25) is 0 Å². The first-order valence-electron chi connectivity index (χ1n) is 2.40. The van der Waals surface area contributed by atoms with Gasteiger partial charge in [0.2, 0.25) is 6.54 Å². The summed E-state index contributed by atoms with van der Waals surface area (Å²) in [6.45, 7) is 8.95. The fourth-order valence-electron chi connectivity index (χ4n) is 0.294. The van der Waals surface area contributed by atoms with E-state index in [1.807, 2.05) is 12.2 Å².